The van der Waals surface area contributed by atoms with Crippen LogP contribution in [0.3, 0.4) is 0 Å². The molecular weight excluding hydrogens is 889 g/mol. The summed E-state index contributed by atoms with van der Waals surface area (Å²) in [6.45, 7) is 21.1. The van der Waals surface area contributed by atoms with Crippen molar-refractivity contribution in [1.82, 2.24) is 0 Å². The predicted molar refractivity (Wildman–Crippen MR) is 274 cm³/mol. The summed E-state index contributed by atoms with van der Waals surface area (Å²) in [6, 6.07) is 10.9. The van der Waals surface area contributed by atoms with Gasteiger partial charge in [-0.25, -0.2) is 19.2 Å². The highest BCUT2D eigenvalue weighted by Crippen LogP contribution is 2.48. The molecule has 12 nitrogen and oxygen atoms in total. The number of aryl methyl sites for hydroxylation is 2. The first-order chi connectivity index (χ1) is 33.9. The minimum atomic E-state index is -0.927. The number of benzene rings is 4. The Hall–Kier alpha value is -5.52. The van der Waals surface area contributed by atoms with E-state index in [4.69, 9.17) is 37.9 Å². The molecule has 0 fully saturated rings. The molecule has 0 saturated heterocycles. The molecule has 0 saturated carbocycles. The summed E-state index contributed by atoms with van der Waals surface area (Å²) >= 11 is 0. The predicted octanol–water partition coefficient (Wildman–Crippen LogP) is 16.4. The van der Waals surface area contributed by atoms with Crippen LogP contribution in [0.2, 0.25) is 0 Å². The largest absolute Gasteiger partial charge is 0.513 e. The lowest BCUT2D eigenvalue weighted by Crippen LogP contribution is -2.21. The molecule has 4 atom stereocenters. The van der Waals surface area contributed by atoms with E-state index in [9.17, 15) is 19.2 Å². The first-order valence-corrected chi connectivity index (χ1v) is 26.5. The van der Waals surface area contributed by atoms with E-state index < -0.39 is 24.6 Å². The molecule has 0 N–H and O–H groups in total. The van der Waals surface area contributed by atoms with Gasteiger partial charge >= 0.3 is 24.6 Å². The molecule has 4 aromatic carbocycles. The lowest BCUT2D eigenvalue weighted by Gasteiger charge is -2.24. The van der Waals surface area contributed by atoms with Gasteiger partial charge in [-0.2, -0.15) is 0 Å². The van der Waals surface area contributed by atoms with Gasteiger partial charge in [0.25, 0.3) is 0 Å². The molecule has 0 radical (unpaired) electrons. The van der Waals surface area contributed by atoms with E-state index in [1.54, 1.807) is 12.1 Å². The molecule has 0 aliphatic heterocycles. The molecule has 70 heavy (non-hydrogen) atoms. The summed E-state index contributed by atoms with van der Waals surface area (Å²) in [5.41, 5.74) is 1.39. The van der Waals surface area contributed by atoms with Crippen molar-refractivity contribution in [3.63, 3.8) is 0 Å². The standard InChI is InChI=1S/C58H80O12/c1-11-19-27-39(15-5)33-63-55(59)67-51-43-31-23-25-37(9)45(43)53(69-57(61)65-35-41(17-7)29-21-13-3)49-47(51)48-50(49)54(70-58(62)66-36-42(18-8)30-22-14-4)46-38(10)26-24-32-44(46)52(48)68-56(60)64-34-40(16-6)28-20-12-2/h23-26,31-32,39-42H,11-22,27-30,33-36H2,1-10H3. The zero-order chi connectivity index (χ0) is 50.7. The smallest absolute Gasteiger partial charge is 0.434 e. The van der Waals surface area contributed by atoms with Gasteiger partial charge in [-0.15, -0.1) is 0 Å². The first-order valence-electron chi connectivity index (χ1n) is 26.5. The summed E-state index contributed by atoms with van der Waals surface area (Å²) in [4.78, 5) is 56.1. The van der Waals surface area contributed by atoms with Crippen molar-refractivity contribution >= 4 is 46.2 Å². The number of carbonyl (C=O) groups excluding carboxylic acids is 4. The molecule has 4 aromatic rings. The summed E-state index contributed by atoms with van der Waals surface area (Å²) in [7, 11) is 0. The highest BCUT2D eigenvalue weighted by atomic mass is 16.7. The van der Waals surface area contributed by atoms with Crippen LogP contribution in [0.1, 0.15) is 169 Å². The van der Waals surface area contributed by atoms with Gasteiger partial charge in [-0.1, -0.05) is 169 Å². The molecule has 4 unspecified atom stereocenters. The quantitative estimate of drug-likeness (QED) is 0.0267. The third-order valence-electron chi connectivity index (χ3n) is 14.1. The van der Waals surface area contributed by atoms with Crippen molar-refractivity contribution in [3.8, 4) is 23.0 Å². The fraction of sp³-hybridized carbons (Fsp3) is 0.586. The van der Waals surface area contributed by atoms with Crippen LogP contribution < -0.4 is 18.9 Å². The Bertz CT molecular complexity index is 2430. The summed E-state index contributed by atoms with van der Waals surface area (Å²) < 4.78 is 48.7. The molecule has 0 heterocycles. The van der Waals surface area contributed by atoms with E-state index in [-0.39, 0.29) is 94.0 Å². The van der Waals surface area contributed by atoms with Crippen molar-refractivity contribution in [2.75, 3.05) is 26.4 Å². The van der Waals surface area contributed by atoms with Crippen molar-refractivity contribution in [2.24, 2.45) is 23.7 Å². The van der Waals surface area contributed by atoms with Gasteiger partial charge in [0.05, 0.1) is 26.4 Å². The lowest BCUT2D eigenvalue weighted by atomic mass is 9.89. The van der Waals surface area contributed by atoms with Crippen LogP contribution in [0, 0.1) is 58.4 Å². The van der Waals surface area contributed by atoms with E-state index in [0.29, 0.717) is 32.7 Å². The third kappa shape index (κ3) is 13.9. The summed E-state index contributed by atoms with van der Waals surface area (Å²) in [5, 5.41) is 2.91. The van der Waals surface area contributed by atoms with Crippen molar-refractivity contribution in [1.29, 1.82) is 0 Å². The topological polar surface area (TPSA) is 142 Å². The van der Waals surface area contributed by atoms with Gasteiger partial charge in [0.1, 0.15) is 0 Å². The second kappa shape index (κ2) is 27.8. The average Bonchev–Trinajstić information content (AvgIpc) is 3.34. The number of unbranched alkanes of at least 4 members (excludes halogenated alkanes) is 4. The second-order valence-corrected chi connectivity index (χ2v) is 19.1. The Morgan fingerprint density at radius 3 is 0.900 bits per heavy atom. The van der Waals surface area contributed by atoms with Gasteiger partial charge in [0.15, 0.2) is 23.0 Å². The molecule has 0 bridgehead atoms. The van der Waals surface area contributed by atoms with E-state index in [0.717, 1.165) is 103 Å². The van der Waals surface area contributed by atoms with E-state index in [1.807, 2.05) is 38.1 Å². The molecule has 0 spiro atoms. The molecule has 12 heteroatoms. The minimum Gasteiger partial charge on any atom is -0.434 e. The van der Waals surface area contributed by atoms with Crippen molar-refractivity contribution in [3.05, 3.63) is 68.4 Å². The number of ether oxygens (including phenoxy) is 8. The minimum absolute atomic E-state index is 0.0882. The van der Waals surface area contributed by atoms with Crippen LogP contribution in [-0.4, -0.2) is 51.0 Å². The average molecular weight is 969 g/mol. The van der Waals surface area contributed by atoms with Gasteiger partial charge in [-0.05, 0) is 74.3 Å². The summed E-state index contributed by atoms with van der Waals surface area (Å²) in [5.74, 6) is 0.925. The number of carbonyl (C=O) groups is 4. The maximum absolute atomic E-state index is 14.0. The van der Waals surface area contributed by atoms with Crippen LogP contribution in [0.4, 0.5) is 19.2 Å². The zero-order valence-electron chi connectivity index (χ0n) is 43.8. The Morgan fingerprint density at radius 1 is 0.386 bits per heavy atom. The van der Waals surface area contributed by atoms with Gasteiger partial charge in [0, 0.05) is 42.4 Å². The van der Waals surface area contributed by atoms with Crippen LogP contribution in [-0.2, 0) is 18.9 Å². The highest BCUT2D eigenvalue weighted by molar-refractivity contribution is 6.02. The van der Waals surface area contributed by atoms with E-state index in [2.05, 4.69) is 55.4 Å². The van der Waals surface area contributed by atoms with Crippen LogP contribution >= 0.6 is 0 Å². The number of hydrogen-bond donors (Lipinski definition) is 0. The highest BCUT2D eigenvalue weighted by Gasteiger charge is 2.32. The van der Waals surface area contributed by atoms with E-state index >= 15 is 0 Å². The normalized spacial score (nSPS) is 13.3. The van der Waals surface area contributed by atoms with Gasteiger partial charge < -0.3 is 37.9 Å². The number of fused-ring (bicyclic) bond motifs is 4. The third-order valence-corrected chi connectivity index (χ3v) is 14.1. The monoisotopic (exact) mass is 969 g/mol. The second-order valence-electron chi connectivity index (χ2n) is 19.1. The van der Waals surface area contributed by atoms with Crippen molar-refractivity contribution in [2.45, 2.75) is 172 Å². The molecule has 1 aliphatic carbocycles. The van der Waals surface area contributed by atoms with Crippen LogP contribution in [0.5, 0.6) is 23.0 Å². The first kappa shape index (κ1) is 55.4. The molecule has 5 rings (SSSR count). The molecule has 0 aromatic heterocycles. The number of hydrogen-bond acceptors (Lipinski definition) is 12. The lowest BCUT2D eigenvalue weighted by molar-refractivity contribution is 0.0785. The van der Waals surface area contributed by atoms with Crippen molar-refractivity contribution < 1.29 is 57.1 Å². The maximum Gasteiger partial charge on any atom is 0.513 e. The molecule has 0 amide bonds. The fourth-order valence-electron chi connectivity index (χ4n) is 9.39. The Labute approximate surface area is 415 Å². The zero-order valence-corrected chi connectivity index (χ0v) is 43.8. The van der Waals surface area contributed by atoms with Gasteiger partial charge in [-0.3, -0.25) is 0 Å². The van der Waals surface area contributed by atoms with E-state index in [1.165, 1.54) is 0 Å². The fourth-order valence-corrected chi connectivity index (χ4v) is 9.39. The Morgan fingerprint density at radius 2 is 0.643 bits per heavy atom. The molecule has 1 aliphatic rings. The maximum atomic E-state index is 14.0. The Kier molecular flexibility index (Phi) is 22.0. The number of rotatable bonds is 28. The Balaban J connectivity index is 1.84. The van der Waals surface area contributed by atoms with Crippen LogP contribution in [0.25, 0.3) is 21.5 Å². The molecular formula is C58H80O12. The van der Waals surface area contributed by atoms with Crippen LogP contribution in [0.15, 0.2) is 36.4 Å². The SMILES string of the molecule is CCCCC(CC)COC(=O)Oc1c2c(c(OC(=O)OCC(CC)CCCC)c3c(C)cccc13)=c1c(OC(=O)OCC(CC)CCCC)c3c(C)cccc3c(OC(=O)OCC(CC)CCCC)c1=2. The summed E-state index contributed by atoms with van der Waals surface area (Å²) in [6.07, 6.45) is 11.2. The molecule has 384 valence electrons. The van der Waals surface area contributed by atoms with Gasteiger partial charge in [0.2, 0.25) is 0 Å².